The van der Waals surface area contributed by atoms with Crippen molar-refractivity contribution < 1.29 is 10.0 Å². The molecule has 0 saturated carbocycles. The summed E-state index contributed by atoms with van der Waals surface area (Å²) >= 11 is 0. The maximum absolute atomic E-state index is 10.7. The third-order valence-corrected chi connectivity index (χ3v) is 4.25. The Kier molecular flexibility index (Phi) is 4.06. The molecule has 0 amide bonds. The van der Waals surface area contributed by atoms with Crippen LogP contribution in [0.5, 0.6) is 5.75 Å². The number of nitro groups is 1. The van der Waals surface area contributed by atoms with Crippen LogP contribution >= 0.6 is 0 Å². The maximum atomic E-state index is 10.7. The number of hydrogen-bond acceptors (Lipinski definition) is 5. The largest absolute Gasteiger partial charge is 0.508 e. The van der Waals surface area contributed by atoms with E-state index in [0.29, 0.717) is 5.75 Å². The second-order valence-corrected chi connectivity index (χ2v) is 5.72. The zero-order chi connectivity index (χ0) is 16.4. The Bertz CT molecular complexity index is 708. The summed E-state index contributed by atoms with van der Waals surface area (Å²) < 4.78 is 0. The highest BCUT2D eigenvalue weighted by Crippen LogP contribution is 2.26. The number of nitrogens with zero attached hydrogens (tertiary/aromatic N) is 3. The van der Waals surface area contributed by atoms with Crippen molar-refractivity contribution in [2.75, 3.05) is 36.0 Å². The molecule has 2 aromatic rings. The lowest BCUT2D eigenvalue weighted by Crippen LogP contribution is -2.46. The van der Waals surface area contributed by atoms with Crippen LogP contribution in [0.15, 0.2) is 42.5 Å². The van der Waals surface area contributed by atoms with Crippen molar-refractivity contribution in [2.45, 2.75) is 6.92 Å². The van der Waals surface area contributed by atoms with Crippen LogP contribution in [0.25, 0.3) is 0 Å². The number of benzene rings is 2. The number of piperazine rings is 1. The zero-order valence-electron chi connectivity index (χ0n) is 13.0. The molecule has 1 N–H and O–H groups in total. The summed E-state index contributed by atoms with van der Waals surface area (Å²) in [5, 5.41) is 20.3. The van der Waals surface area contributed by atoms with Gasteiger partial charge in [0, 0.05) is 49.7 Å². The van der Waals surface area contributed by atoms with E-state index in [-0.39, 0.29) is 10.6 Å². The zero-order valence-corrected chi connectivity index (χ0v) is 13.0. The molecule has 1 heterocycles. The Morgan fingerprint density at radius 3 is 2.00 bits per heavy atom. The number of phenols is 1. The van der Waals surface area contributed by atoms with Crippen LogP contribution in [0.4, 0.5) is 17.1 Å². The lowest BCUT2D eigenvalue weighted by atomic mass is 10.1. The number of aromatic hydroxyl groups is 1. The lowest BCUT2D eigenvalue weighted by molar-refractivity contribution is -0.384. The maximum Gasteiger partial charge on any atom is 0.269 e. The Balaban J connectivity index is 1.65. The van der Waals surface area contributed by atoms with Gasteiger partial charge in [0.25, 0.3) is 5.69 Å². The van der Waals surface area contributed by atoms with Gasteiger partial charge in [0.15, 0.2) is 0 Å². The van der Waals surface area contributed by atoms with Crippen molar-refractivity contribution in [3.05, 3.63) is 58.1 Å². The number of non-ortho nitro benzene ring substituents is 1. The normalized spacial score (nSPS) is 14.8. The van der Waals surface area contributed by atoms with Crippen LogP contribution in [0.1, 0.15) is 5.56 Å². The van der Waals surface area contributed by atoms with E-state index in [0.717, 1.165) is 43.1 Å². The van der Waals surface area contributed by atoms with Crippen molar-refractivity contribution in [3.8, 4) is 5.75 Å². The molecule has 6 heteroatoms. The van der Waals surface area contributed by atoms with Gasteiger partial charge in [-0.15, -0.1) is 0 Å². The van der Waals surface area contributed by atoms with Crippen LogP contribution in [0.3, 0.4) is 0 Å². The smallest absolute Gasteiger partial charge is 0.269 e. The van der Waals surface area contributed by atoms with Gasteiger partial charge in [0.1, 0.15) is 5.75 Å². The van der Waals surface area contributed by atoms with Crippen LogP contribution < -0.4 is 9.80 Å². The third-order valence-electron chi connectivity index (χ3n) is 4.25. The first-order chi connectivity index (χ1) is 11.0. The summed E-state index contributed by atoms with van der Waals surface area (Å²) in [6, 6.07) is 12.4. The Hall–Kier alpha value is -2.76. The third kappa shape index (κ3) is 3.21. The monoisotopic (exact) mass is 313 g/mol. The van der Waals surface area contributed by atoms with Gasteiger partial charge in [-0.3, -0.25) is 10.1 Å². The highest BCUT2D eigenvalue weighted by atomic mass is 16.6. The van der Waals surface area contributed by atoms with E-state index < -0.39 is 0 Å². The van der Waals surface area contributed by atoms with Crippen molar-refractivity contribution in [1.82, 2.24) is 0 Å². The van der Waals surface area contributed by atoms with E-state index in [1.165, 1.54) is 0 Å². The minimum absolute atomic E-state index is 0.118. The Morgan fingerprint density at radius 2 is 1.48 bits per heavy atom. The predicted octanol–water partition coefficient (Wildman–Crippen LogP) is 2.94. The van der Waals surface area contributed by atoms with E-state index in [2.05, 4.69) is 9.80 Å². The van der Waals surface area contributed by atoms with E-state index in [1.54, 1.807) is 30.3 Å². The van der Waals surface area contributed by atoms with Gasteiger partial charge < -0.3 is 14.9 Å². The van der Waals surface area contributed by atoms with Crippen molar-refractivity contribution in [1.29, 1.82) is 0 Å². The molecular formula is C17H19N3O3. The van der Waals surface area contributed by atoms with E-state index in [1.807, 2.05) is 19.1 Å². The second-order valence-electron chi connectivity index (χ2n) is 5.72. The number of rotatable bonds is 3. The van der Waals surface area contributed by atoms with Gasteiger partial charge in [-0.2, -0.15) is 0 Å². The first-order valence-electron chi connectivity index (χ1n) is 7.58. The molecule has 0 radical (unpaired) electrons. The summed E-state index contributed by atoms with van der Waals surface area (Å²) in [5.41, 5.74) is 3.12. The molecule has 120 valence electrons. The first kappa shape index (κ1) is 15.1. The molecule has 3 rings (SSSR count). The van der Waals surface area contributed by atoms with E-state index in [9.17, 15) is 15.2 Å². The molecule has 2 aromatic carbocycles. The fourth-order valence-electron chi connectivity index (χ4n) is 2.84. The van der Waals surface area contributed by atoms with Gasteiger partial charge in [0.2, 0.25) is 0 Å². The van der Waals surface area contributed by atoms with Gasteiger partial charge in [-0.25, -0.2) is 0 Å². The molecule has 0 aromatic heterocycles. The average molecular weight is 313 g/mol. The number of phenolic OH excluding ortho intramolecular Hbond substituents is 1. The summed E-state index contributed by atoms with van der Waals surface area (Å²) in [6.07, 6.45) is 0. The Morgan fingerprint density at radius 1 is 0.957 bits per heavy atom. The van der Waals surface area contributed by atoms with Crippen molar-refractivity contribution in [2.24, 2.45) is 0 Å². The predicted molar refractivity (Wildman–Crippen MR) is 90.4 cm³/mol. The van der Waals surface area contributed by atoms with Gasteiger partial charge in [-0.05, 0) is 42.8 Å². The molecule has 23 heavy (non-hydrogen) atoms. The molecule has 0 unspecified atom stereocenters. The van der Waals surface area contributed by atoms with Crippen molar-refractivity contribution >= 4 is 17.1 Å². The molecular weight excluding hydrogens is 294 g/mol. The second kappa shape index (κ2) is 6.16. The lowest BCUT2D eigenvalue weighted by Gasteiger charge is -2.37. The minimum atomic E-state index is -0.380. The molecule has 0 atom stereocenters. The van der Waals surface area contributed by atoms with E-state index >= 15 is 0 Å². The van der Waals surface area contributed by atoms with Gasteiger partial charge >= 0.3 is 0 Å². The molecule has 0 bridgehead atoms. The number of aryl methyl sites for hydroxylation is 1. The summed E-state index contributed by atoms with van der Waals surface area (Å²) in [6.45, 7) is 5.36. The highest BCUT2D eigenvalue weighted by molar-refractivity contribution is 5.56. The average Bonchev–Trinajstić information content (AvgIpc) is 2.57. The van der Waals surface area contributed by atoms with E-state index in [4.69, 9.17) is 0 Å². The topological polar surface area (TPSA) is 69.9 Å². The number of anilines is 2. The molecule has 0 spiro atoms. The van der Waals surface area contributed by atoms with Crippen LogP contribution in [-0.2, 0) is 0 Å². The van der Waals surface area contributed by atoms with Gasteiger partial charge in [-0.1, -0.05) is 0 Å². The fraction of sp³-hybridized carbons (Fsp3) is 0.294. The SMILES string of the molecule is Cc1cc(N2CCN(c3ccc([N+](=O)[O-])cc3)CC2)ccc1O. The van der Waals surface area contributed by atoms with Crippen LogP contribution in [-0.4, -0.2) is 36.2 Å². The van der Waals surface area contributed by atoms with Crippen molar-refractivity contribution in [3.63, 3.8) is 0 Å². The molecule has 1 aliphatic heterocycles. The standard InChI is InChI=1S/C17H19N3O3/c1-13-12-16(6-7-17(13)21)19-10-8-18(9-11-19)14-2-4-15(5-3-14)20(22)23/h2-7,12,21H,8-11H2,1H3. The van der Waals surface area contributed by atoms with Gasteiger partial charge in [0.05, 0.1) is 4.92 Å². The molecule has 0 aliphatic carbocycles. The minimum Gasteiger partial charge on any atom is -0.508 e. The number of nitro benzene ring substituents is 1. The fourth-order valence-corrected chi connectivity index (χ4v) is 2.84. The Labute approximate surface area is 134 Å². The molecule has 6 nitrogen and oxygen atoms in total. The summed E-state index contributed by atoms with van der Waals surface area (Å²) in [7, 11) is 0. The summed E-state index contributed by atoms with van der Waals surface area (Å²) in [5.74, 6) is 0.318. The summed E-state index contributed by atoms with van der Waals surface area (Å²) in [4.78, 5) is 14.8. The molecule has 1 aliphatic rings. The highest BCUT2D eigenvalue weighted by Gasteiger charge is 2.18. The molecule has 1 fully saturated rings. The number of hydrogen-bond donors (Lipinski definition) is 1. The van der Waals surface area contributed by atoms with Crippen LogP contribution in [0.2, 0.25) is 0 Å². The first-order valence-corrected chi connectivity index (χ1v) is 7.58. The quantitative estimate of drug-likeness (QED) is 0.697. The molecule has 1 saturated heterocycles. The van der Waals surface area contributed by atoms with Crippen LogP contribution in [0, 0.1) is 17.0 Å².